The van der Waals surface area contributed by atoms with Gasteiger partial charge in [-0.05, 0) is 18.2 Å². The fourth-order valence-corrected chi connectivity index (χ4v) is 1.84. The Morgan fingerprint density at radius 3 is 3.00 bits per heavy atom. The predicted octanol–water partition coefficient (Wildman–Crippen LogP) is 1.67. The number of Topliss-reactive ketones (excluding diaryl/α,β-unsaturated/α-hetero) is 1. The first kappa shape index (κ1) is 13.7. The quantitative estimate of drug-likeness (QED) is 0.296. The zero-order valence-electron chi connectivity index (χ0n) is 11.1. The van der Waals surface area contributed by atoms with Crippen LogP contribution in [0.15, 0.2) is 53.9 Å². The van der Waals surface area contributed by atoms with Crippen LogP contribution in [0.1, 0.15) is 15.9 Å². The van der Waals surface area contributed by atoms with E-state index in [9.17, 15) is 4.79 Å². The van der Waals surface area contributed by atoms with E-state index in [1.807, 2.05) is 0 Å². The molecule has 1 aromatic heterocycles. The van der Waals surface area contributed by atoms with Gasteiger partial charge in [0.25, 0.3) is 0 Å². The van der Waals surface area contributed by atoms with Gasteiger partial charge in [0.2, 0.25) is 12.3 Å². The first-order valence-electron chi connectivity index (χ1n) is 6.06. The predicted molar refractivity (Wildman–Crippen MR) is 73.3 cm³/mol. The van der Waals surface area contributed by atoms with Crippen LogP contribution in [-0.4, -0.2) is 24.3 Å². The van der Waals surface area contributed by atoms with Crippen LogP contribution in [-0.2, 0) is 6.54 Å². The molecule has 5 heteroatoms. The molecule has 2 aromatic rings. The summed E-state index contributed by atoms with van der Waals surface area (Å²) in [4.78, 5) is 12.2. The standard InChI is InChI=1S/C15H14N2O3/c1-20-14-6-2-5-13(8-14)15(18)11-17-7-3-4-12(10-17)9-16-19/h2-10H,11H2,1H3/p+1. The lowest BCUT2D eigenvalue weighted by Gasteiger charge is -2.02. The molecule has 1 heterocycles. The van der Waals surface area contributed by atoms with Gasteiger partial charge in [0, 0.05) is 11.6 Å². The third-order valence-corrected chi connectivity index (χ3v) is 2.81. The number of hydrogen-bond acceptors (Lipinski definition) is 4. The molecule has 0 saturated heterocycles. The molecule has 0 aliphatic carbocycles. The summed E-state index contributed by atoms with van der Waals surface area (Å²) in [5.41, 5.74) is 1.31. The molecule has 20 heavy (non-hydrogen) atoms. The van der Waals surface area contributed by atoms with E-state index in [1.54, 1.807) is 60.5 Å². The highest BCUT2D eigenvalue weighted by molar-refractivity contribution is 5.95. The summed E-state index contributed by atoms with van der Waals surface area (Å²) in [6, 6.07) is 10.6. The van der Waals surface area contributed by atoms with Crippen molar-refractivity contribution in [3.05, 3.63) is 59.9 Å². The van der Waals surface area contributed by atoms with Crippen molar-refractivity contribution in [1.29, 1.82) is 0 Å². The Balaban J connectivity index is 2.16. The lowest BCUT2D eigenvalue weighted by atomic mass is 10.1. The van der Waals surface area contributed by atoms with Crippen molar-refractivity contribution >= 4 is 12.0 Å². The minimum atomic E-state index is -0.0213. The summed E-state index contributed by atoms with van der Waals surface area (Å²) in [7, 11) is 1.57. The molecule has 2 rings (SSSR count). The maximum atomic E-state index is 12.2. The Hall–Kier alpha value is -2.69. The van der Waals surface area contributed by atoms with Crippen LogP contribution in [0.5, 0.6) is 5.75 Å². The Morgan fingerprint density at radius 2 is 2.25 bits per heavy atom. The van der Waals surface area contributed by atoms with Crippen molar-refractivity contribution in [2.24, 2.45) is 5.16 Å². The molecule has 0 radical (unpaired) electrons. The van der Waals surface area contributed by atoms with E-state index in [0.29, 0.717) is 16.9 Å². The van der Waals surface area contributed by atoms with Crippen LogP contribution in [0.4, 0.5) is 0 Å². The molecule has 0 atom stereocenters. The highest BCUT2D eigenvalue weighted by Crippen LogP contribution is 2.12. The molecular formula is C15H15N2O3+. The third kappa shape index (κ3) is 3.41. The summed E-state index contributed by atoms with van der Waals surface area (Å²) < 4.78 is 6.84. The normalized spacial score (nSPS) is 10.7. The summed E-state index contributed by atoms with van der Waals surface area (Å²) in [6.45, 7) is 0.209. The fraction of sp³-hybridized carbons (Fsp3) is 0.133. The average Bonchev–Trinajstić information content (AvgIpc) is 2.48. The van der Waals surface area contributed by atoms with E-state index in [0.717, 1.165) is 0 Å². The summed E-state index contributed by atoms with van der Waals surface area (Å²) in [6.07, 6.45) is 4.83. The van der Waals surface area contributed by atoms with E-state index < -0.39 is 0 Å². The molecule has 0 bridgehead atoms. The van der Waals surface area contributed by atoms with Crippen molar-refractivity contribution in [3.63, 3.8) is 0 Å². The van der Waals surface area contributed by atoms with Crippen molar-refractivity contribution < 1.29 is 19.3 Å². The molecular weight excluding hydrogens is 256 g/mol. The molecule has 0 amide bonds. The first-order valence-corrected chi connectivity index (χ1v) is 6.06. The highest BCUT2D eigenvalue weighted by atomic mass is 16.5. The van der Waals surface area contributed by atoms with Crippen LogP contribution < -0.4 is 9.30 Å². The molecule has 0 saturated carbocycles. The van der Waals surface area contributed by atoms with Gasteiger partial charge in [-0.15, -0.1) is 0 Å². The maximum Gasteiger partial charge on any atom is 0.227 e. The molecule has 1 aromatic carbocycles. The Morgan fingerprint density at radius 1 is 1.40 bits per heavy atom. The number of aromatic nitrogens is 1. The van der Waals surface area contributed by atoms with E-state index in [-0.39, 0.29) is 12.3 Å². The van der Waals surface area contributed by atoms with E-state index >= 15 is 0 Å². The number of oxime groups is 1. The van der Waals surface area contributed by atoms with Crippen molar-refractivity contribution in [3.8, 4) is 5.75 Å². The minimum absolute atomic E-state index is 0.0213. The van der Waals surface area contributed by atoms with Crippen LogP contribution in [0, 0.1) is 0 Å². The van der Waals surface area contributed by atoms with Gasteiger partial charge in [0.15, 0.2) is 12.4 Å². The molecule has 0 fully saturated rings. The Bertz CT molecular complexity index is 639. The van der Waals surface area contributed by atoms with E-state index in [4.69, 9.17) is 9.94 Å². The van der Waals surface area contributed by atoms with E-state index in [2.05, 4.69) is 5.16 Å². The second-order valence-electron chi connectivity index (χ2n) is 4.21. The number of benzene rings is 1. The minimum Gasteiger partial charge on any atom is -0.497 e. The maximum absolute atomic E-state index is 12.2. The van der Waals surface area contributed by atoms with Crippen LogP contribution in [0.2, 0.25) is 0 Å². The van der Waals surface area contributed by atoms with Gasteiger partial charge in [-0.25, -0.2) is 0 Å². The van der Waals surface area contributed by atoms with Crippen molar-refractivity contribution in [2.45, 2.75) is 6.54 Å². The van der Waals surface area contributed by atoms with Crippen LogP contribution >= 0.6 is 0 Å². The largest absolute Gasteiger partial charge is 0.497 e. The number of methoxy groups -OCH3 is 1. The second kappa shape index (κ2) is 6.47. The van der Waals surface area contributed by atoms with Crippen molar-refractivity contribution in [2.75, 3.05) is 7.11 Å². The summed E-state index contributed by atoms with van der Waals surface area (Å²) in [5, 5.41) is 11.5. The van der Waals surface area contributed by atoms with Gasteiger partial charge in [-0.3, -0.25) is 4.79 Å². The summed E-state index contributed by atoms with van der Waals surface area (Å²) >= 11 is 0. The molecule has 1 N–H and O–H groups in total. The van der Waals surface area contributed by atoms with Gasteiger partial charge < -0.3 is 9.94 Å². The first-order chi connectivity index (χ1) is 9.72. The number of carbonyl (C=O) groups excluding carboxylic acids is 1. The summed E-state index contributed by atoms with van der Waals surface area (Å²) in [5.74, 6) is 0.633. The van der Waals surface area contributed by atoms with Gasteiger partial charge >= 0.3 is 0 Å². The highest BCUT2D eigenvalue weighted by Gasteiger charge is 2.13. The lowest BCUT2D eigenvalue weighted by Crippen LogP contribution is -2.37. The fourth-order valence-electron chi connectivity index (χ4n) is 1.84. The van der Waals surface area contributed by atoms with Crippen LogP contribution in [0.3, 0.4) is 0 Å². The van der Waals surface area contributed by atoms with E-state index in [1.165, 1.54) is 6.21 Å². The number of ether oxygens (including phenoxy) is 1. The smallest absolute Gasteiger partial charge is 0.227 e. The molecule has 102 valence electrons. The Kier molecular flexibility index (Phi) is 4.44. The monoisotopic (exact) mass is 271 g/mol. The molecule has 0 spiro atoms. The second-order valence-corrected chi connectivity index (χ2v) is 4.21. The van der Waals surface area contributed by atoms with Gasteiger partial charge in [-0.1, -0.05) is 17.3 Å². The number of carbonyl (C=O) groups is 1. The van der Waals surface area contributed by atoms with Crippen molar-refractivity contribution in [1.82, 2.24) is 0 Å². The topological polar surface area (TPSA) is 62.8 Å². The number of hydrogen-bond donors (Lipinski definition) is 1. The zero-order valence-corrected chi connectivity index (χ0v) is 11.1. The van der Waals surface area contributed by atoms with Gasteiger partial charge in [0.05, 0.1) is 18.9 Å². The molecule has 0 aliphatic rings. The average molecular weight is 271 g/mol. The number of pyridine rings is 1. The Labute approximate surface area is 116 Å². The number of ketones is 1. The zero-order chi connectivity index (χ0) is 14.4. The van der Waals surface area contributed by atoms with Gasteiger partial charge in [0.1, 0.15) is 5.75 Å². The number of rotatable bonds is 5. The molecule has 0 aliphatic heterocycles. The van der Waals surface area contributed by atoms with Gasteiger partial charge in [-0.2, -0.15) is 4.57 Å². The lowest BCUT2D eigenvalue weighted by molar-refractivity contribution is -0.683. The van der Waals surface area contributed by atoms with Crippen LogP contribution in [0.25, 0.3) is 0 Å². The molecule has 0 unspecified atom stereocenters. The SMILES string of the molecule is COc1cccc(C(=O)C[n+]2cccc(C=NO)c2)c1. The number of nitrogens with zero attached hydrogens (tertiary/aromatic N) is 2. The third-order valence-electron chi connectivity index (χ3n) is 2.81. The molecule has 5 nitrogen and oxygen atoms in total.